The van der Waals surface area contributed by atoms with Crippen molar-refractivity contribution in [3.05, 3.63) is 29.8 Å². The zero-order chi connectivity index (χ0) is 18.9. The van der Waals surface area contributed by atoms with Crippen molar-refractivity contribution in [3.63, 3.8) is 0 Å². The molecule has 2 aliphatic rings. The number of Topliss-reactive ketones (excluding diaryl/α,β-unsaturated/α-hetero) is 1. The van der Waals surface area contributed by atoms with E-state index in [1.165, 1.54) is 0 Å². The first-order valence-corrected chi connectivity index (χ1v) is 9.44. The Balaban J connectivity index is 1.63. The van der Waals surface area contributed by atoms with Gasteiger partial charge in [-0.05, 0) is 64.2 Å². The van der Waals surface area contributed by atoms with Crippen LogP contribution in [0.1, 0.15) is 52.0 Å². The Labute approximate surface area is 155 Å². The number of piperidine rings is 1. The second-order valence-electron chi connectivity index (χ2n) is 8.44. The average Bonchev–Trinajstić information content (AvgIpc) is 2.83. The SMILES string of the molecule is COc1cccc(CC(=O)C2CC3CCC(C2)N3C(=O)OC(C)(C)C)c1. The molecule has 142 valence electrons. The molecule has 2 bridgehead atoms. The fourth-order valence-corrected chi connectivity index (χ4v) is 4.18. The van der Waals surface area contributed by atoms with Crippen molar-refractivity contribution in [2.45, 2.75) is 70.6 Å². The van der Waals surface area contributed by atoms with Crippen molar-refractivity contribution in [3.8, 4) is 5.75 Å². The molecular formula is C21H29NO4. The van der Waals surface area contributed by atoms with Crippen LogP contribution in [-0.2, 0) is 16.0 Å². The van der Waals surface area contributed by atoms with Crippen molar-refractivity contribution >= 4 is 11.9 Å². The third-order valence-corrected chi connectivity index (χ3v) is 5.31. The summed E-state index contributed by atoms with van der Waals surface area (Å²) in [4.78, 5) is 27.2. The number of fused-ring (bicyclic) bond motifs is 2. The molecule has 2 atom stereocenters. The van der Waals surface area contributed by atoms with E-state index in [2.05, 4.69) is 0 Å². The lowest BCUT2D eigenvalue weighted by Crippen LogP contribution is -2.49. The number of ether oxygens (including phenoxy) is 2. The fraction of sp³-hybridized carbons (Fsp3) is 0.619. The monoisotopic (exact) mass is 359 g/mol. The number of carbonyl (C=O) groups excluding carboxylic acids is 2. The zero-order valence-electron chi connectivity index (χ0n) is 16.2. The molecule has 2 saturated heterocycles. The van der Waals surface area contributed by atoms with Gasteiger partial charge in [0.15, 0.2) is 0 Å². The number of hydrogen-bond acceptors (Lipinski definition) is 4. The smallest absolute Gasteiger partial charge is 0.410 e. The van der Waals surface area contributed by atoms with Crippen molar-refractivity contribution in [1.82, 2.24) is 4.90 Å². The maximum atomic E-state index is 12.8. The first-order valence-electron chi connectivity index (χ1n) is 9.44. The van der Waals surface area contributed by atoms with E-state index in [1.807, 2.05) is 49.9 Å². The second kappa shape index (κ2) is 7.29. The predicted molar refractivity (Wildman–Crippen MR) is 99.3 cm³/mol. The number of rotatable bonds is 4. The highest BCUT2D eigenvalue weighted by Gasteiger charge is 2.46. The Hall–Kier alpha value is -2.04. The number of hydrogen-bond donors (Lipinski definition) is 0. The van der Waals surface area contributed by atoms with Crippen LogP contribution in [0.4, 0.5) is 4.79 Å². The molecule has 0 aliphatic carbocycles. The van der Waals surface area contributed by atoms with E-state index in [0.29, 0.717) is 6.42 Å². The minimum Gasteiger partial charge on any atom is -0.497 e. The largest absolute Gasteiger partial charge is 0.497 e. The predicted octanol–water partition coefficient (Wildman–Crippen LogP) is 3.98. The molecule has 0 saturated carbocycles. The van der Waals surface area contributed by atoms with E-state index in [1.54, 1.807) is 7.11 Å². The molecule has 26 heavy (non-hydrogen) atoms. The Morgan fingerprint density at radius 2 is 1.81 bits per heavy atom. The van der Waals surface area contributed by atoms with Gasteiger partial charge < -0.3 is 14.4 Å². The summed E-state index contributed by atoms with van der Waals surface area (Å²) in [6.07, 6.45) is 3.62. The van der Waals surface area contributed by atoms with E-state index in [4.69, 9.17) is 9.47 Å². The molecule has 5 heteroatoms. The van der Waals surface area contributed by atoms with Crippen LogP contribution in [0.25, 0.3) is 0 Å². The Morgan fingerprint density at radius 3 is 2.38 bits per heavy atom. The Kier molecular flexibility index (Phi) is 5.26. The summed E-state index contributed by atoms with van der Waals surface area (Å²) in [7, 11) is 1.63. The van der Waals surface area contributed by atoms with Gasteiger partial charge in [0.05, 0.1) is 7.11 Å². The van der Waals surface area contributed by atoms with Crippen molar-refractivity contribution in [2.24, 2.45) is 5.92 Å². The highest BCUT2D eigenvalue weighted by atomic mass is 16.6. The van der Waals surface area contributed by atoms with Gasteiger partial charge in [-0.1, -0.05) is 12.1 Å². The lowest BCUT2D eigenvalue weighted by Gasteiger charge is -2.39. The lowest BCUT2D eigenvalue weighted by molar-refractivity contribution is -0.124. The molecule has 2 fully saturated rings. The van der Waals surface area contributed by atoms with Gasteiger partial charge in [-0.25, -0.2) is 4.79 Å². The number of methoxy groups -OCH3 is 1. The highest BCUT2D eigenvalue weighted by Crippen LogP contribution is 2.40. The van der Waals surface area contributed by atoms with Gasteiger partial charge in [-0.2, -0.15) is 0 Å². The second-order valence-corrected chi connectivity index (χ2v) is 8.44. The first-order chi connectivity index (χ1) is 12.3. The van der Waals surface area contributed by atoms with Gasteiger partial charge in [0.25, 0.3) is 0 Å². The quantitative estimate of drug-likeness (QED) is 0.816. The summed E-state index contributed by atoms with van der Waals surface area (Å²) in [5, 5.41) is 0. The summed E-state index contributed by atoms with van der Waals surface area (Å²) < 4.78 is 10.8. The Morgan fingerprint density at radius 1 is 1.15 bits per heavy atom. The van der Waals surface area contributed by atoms with Gasteiger partial charge in [0, 0.05) is 24.4 Å². The van der Waals surface area contributed by atoms with E-state index in [0.717, 1.165) is 37.0 Å². The van der Waals surface area contributed by atoms with E-state index in [-0.39, 0.29) is 29.9 Å². The van der Waals surface area contributed by atoms with Crippen molar-refractivity contribution in [1.29, 1.82) is 0 Å². The van der Waals surface area contributed by atoms with E-state index >= 15 is 0 Å². The van der Waals surface area contributed by atoms with Gasteiger partial charge >= 0.3 is 6.09 Å². The summed E-state index contributed by atoms with van der Waals surface area (Å²) in [6.45, 7) is 5.66. The van der Waals surface area contributed by atoms with Gasteiger partial charge in [0.1, 0.15) is 17.1 Å². The summed E-state index contributed by atoms with van der Waals surface area (Å²) in [5.74, 6) is 1.06. The molecule has 0 N–H and O–H groups in total. The molecule has 0 radical (unpaired) electrons. The van der Waals surface area contributed by atoms with Gasteiger partial charge in [-0.15, -0.1) is 0 Å². The van der Waals surface area contributed by atoms with Gasteiger partial charge in [0.2, 0.25) is 0 Å². The number of amides is 1. The molecule has 5 nitrogen and oxygen atoms in total. The molecule has 0 aromatic heterocycles. The average molecular weight is 359 g/mol. The minimum absolute atomic E-state index is 0.0254. The van der Waals surface area contributed by atoms with Crippen LogP contribution in [-0.4, -0.2) is 41.6 Å². The number of carbonyl (C=O) groups is 2. The zero-order valence-corrected chi connectivity index (χ0v) is 16.2. The van der Waals surface area contributed by atoms with Crippen LogP contribution in [0.5, 0.6) is 5.75 Å². The summed E-state index contributed by atoms with van der Waals surface area (Å²) in [6, 6.07) is 7.93. The molecule has 2 aliphatic heterocycles. The molecule has 1 aromatic rings. The Bertz CT molecular complexity index is 665. The molecule has 0 spiro atoms. The maximum Gasteiger partial charge on any atom is 0.410 e. The molecule has 3 rings (SSSR count). The van der Waals surface area contributed by atoms with Gasteiger partial charge in [-0.3, -0.25) is 4.79 Å². The third-order valence-electron chi connectivity index (χ3n) is 5.31. The van der Waals surface area contributed by atoms with E-state index < -0.39 is 5.60 Å². The van der Waals surface area contributed by atoms with Crippen LogP contribution < -0.4 is 4.74 Å². The standard InChI is InChI=1S/C21H29NO4/c1-21(2,3)26-20(24)22-16-8-9-17(22)13-15(12-16)19(23)11-14-6-5-7-18(10-14)25-4/h5-7,10,15-17H,8-9,11-13H2,1-4H3. The van der Waals surface area contributed by atoms with E-state index in [9.17, 15) is 9.59 Å². The summed E-state index contributed by atoms with van der Waals surface area (Å²) in [5.41, 5.74) is 0.492. The summed E-state index contributed by atoms with van der Waals surface area (Å²) >= 11 is 0. The fourth-order valence-electron chi connectivity index (χ4n) is 4.18. The van der Waals surface area contributed by atoms with Crippen LogP contribution in [0.3, 0.4) is 0 Å². The molecule has 1 amide bonds. The van der Waals surface area contributed by atoms with Crippen molar-refractivity contribution in [2.75, 3.05) is 7.11 Å². The highest BCUT2D eigenvalue weighted by molar-refractivity contribution is 5.84. The topological polar surface area (TPSA) is 55.8 Å². The minimum atomic E-state index is -0.491. The third kappa shape index (κ3) is 4.19. The maximum absolute atomic E-state index is 12.8. The van der Waals surface area contributed by atoms with Crippen molar-refractivity contribution < 1.29 is 19.1 Å². The number of nitrogens with zero attached hydrogens (tertiary/aromatic N) is 1. The first kappa shape index (κ1) is 18.7. The lowest BCUT2D eigenvalue weighted by atomic mass is 9.85. The van der Waals surface area contributed by atoms with Crippen LogP contribution >= 0.6 is 0 Å². The molecule has 2 unspecified atom stereocenters. The normalized spacial score (nSPS) is 25.1. The van der Waals surface area contributed by atoms with Crippen LogP contribution in [0.2, 0.25) is 0 Å². The molecule has 2 heterocycles. The van der Waals surface area contributed by atoms with Crippen LogP contribution in [0.15, 0.2) is 24.3 Å². The number of ketones is 1. The van der Waals surface area contributed by atoms with Crippen LogP contribution in [0, 0.1) is 5.92 Å². The molecular weight excluding hydrogens is 330 g/mol. The molecule has 1 aromatic carbocycles. The number of benzene rings is 1.